The van der Waals surface area contributed by atoms with Crippen LogP contribution in [-0.2, 0) is 16.1 Å². The molecular formula is C26H25Cl2N3O2. The topological polar surface area (TPSA) is 54.3 Å². The highest BCUT2D eigenvalue weighted by Gasteiger charge is 2.42. The summed E-state index contributed by atoms with van der Waals surface area (Å²) in [5, 5.41) is 5.60. The molecule has 0 radical (unpaired) electrons. The third-order valence-electron chi connectivity index (χ3n) is 6.54. The number of hydrogen-bond donors (Lipinski definition) is 1. The predicted octanol–water partition coefficient (Wildman–Crippen LogP) is 6.19. The molecule has 7 heteroatoms. The number of halogens is 2. The molecule has 5 nitrogen and oxygen atoms in total. The summed E-state index contributed by atoms with van der Waals surface area (Å²) >= 11 is 12.9. The molecule has 1 aromatic heterocycles. The number of carbonyl (C=O) groups is 2. The third kappa shape index (κ3) is 3.64. The van der Waals surface area contributed by atoms with Gasteiger partial charge in [0.05, 0.1) is 17.6 Å². The average Bonchev–Trinajstić information content (AvgIpc) is 3.23. The highest BCUT2D eigenvalue weighted by molar-refractivity contribution is 6.35. The van der Waals surface area contributed by atoms with Crippen LogP contribution in [0.25, 0.3) is 10.9 Å². The van der Waals surface area contributed by atoms with Gasteiger partial charge in [-0.1, -0.05) is 49.2 Å². The Kier molecular flexibility index (Phi) is 5.50. The Balaban J connectivity index is 1.78. The van der Waals surface area contributed by atoms with Gasteiger partial charge in [-0.25, -0.2) is 0 Å². The van der Waals surface area contributed by atoms with Crippen LogP contribution in [-0.4, -0.2) is 27.8 Å². The fourth-order valence-electron chi connectivity index (χ4n) is 4.92. The maximum Gasteiger partial charge on any atom is 0.259 e. The summed E-state index contributed by atoms with van der Waals surface area (Å²) in [5.41, 5.74) is 5.16. The van der Waals surface area contributed by atoms with Crippen LogP contribution in [0.3, 0.4) is 0 Å². The van der Waals surface area contributed by atoms with Crippen molar-refractivity contribution in [3.05, 3.63) is 75.0 Å². The molecule has 1 unspecified atom stereocenters. The van der Waals surface area contributed by atoms with Crippen molar-refractivity contribution in [3.63, 3.8) is 0 Å². The van der Waals surface area contributed by atoms with E-state index >= 15 is 0 Å². The van der Waals surface area contributed by atoms with Crippen molar-refractivity contribution in [1.82, 2.24) is 9.47 Å². The lowest BCUT2D eigenvalue weighted by Gasteiger charge is -2.20. The number of nitrogens with one attached hydrogen (secondary N) is 1. The quantitative estimate of drug-likeness (QED) is 0.482. The molecule has 2 aromatic carbocycles. The van der Waals surface area contributed by atoms with Crippen molar-refractivity contribution in [3.8, 4) is 0 Å². The first-order chi connectivity index (χ1) is 15.8. The number of amides is 2. The number of aryl methyl sites for hydroxylation is 1. The van der Waals surface area contributed by atoms with Gasteiger partial charge in [0.25, 0.3) is 5.91 Å². The van der Waals surface area contributed by atoms with E-state index in [1.54, 1.807) is 12.1 Å². The van der Waals surface area contributed by atoms with Gasteiger partial charge in [0, 0.05) is 52.4 Å². The minimum atomic E-state index is -0.416. The van der Waals surface area contributed by atoms with Crippen LogP contribution in [0, 0.1) is 5.92 Å². The number of hydrogen-bond acceptors (Lipinski definition) is 3. The van der Waals surface area contributed by atoms with Gasteiger partial charge in [0.2, 0.25) is 5.91 Å². The van der Waals surface area contributed by atoms with Gasteiger partial charge < -0.3 is 9.88 Å². The zero-order valence-corrected chi connectivity index (χ0v) is 20.3. The first-order valence-corrected chi connectivity index (χ1v) is 11.9. The smallest absolute Gasteiger partial charge is 0.259 e. The summed E-state index contributed by atoms with van der Waals surface area (Å²) in [6.45, 7) is 6.94. The van der Waals surface area contributed by atoms with Gasteiger partial charge in [0.15, 0.2) is 0 Å². The Morgan fingerprint density at radius 2 is 1.97 bits per heavy atom. The molecule has 170 valence electrons. The Bertz CT molecular complexity index is 1340. The second kappa shape index (κ2) is 8.23. The van der Waals surface area contributed by atoms with Crippen LogP contribution in [0.4, 0.5) is 5.69 Å². The molecule has 0 saturated heterocycles. The molecule has 0 bridgehead atoms. The minimum Gasteiger partial charge on any atom is -0.356 e. The van der Waals surface area contributed by atoms with Crippen LogP contribution in [0.2, 0.25) is 10.0 Å². The summed E-state index contributed by atoms with van der Waals surface area (Å²) in [4.78, 5) is 27.0. The second-order valence-electron chi connectivity index (χ2n) is 9.19. The summed E-state index contributed by atoms with van der Waals surface area (Å²) in [7, 11) is 0. The monoisotopic (exact) mass is 481 g/mol. The Morgan fingerprint density at radius 1 is 1.18 bits per heavy atom. The summed E-state index contributed by atoms with van der Waals surface area (Å²) in [6.07, 6.45) is 3.19. The van der Waals surface area contributed by atoms with Crippen molar-refractivity contribution in [2.45, 2.75) is 39.7 Å². The zero-order chi connectivity index (χ0) is 23.4. The highest BCUT2D eigenvalue weighted by atomic mass is 35.5. The van der Waals surface area contributed by atoms with E-state index in [0.717, 1.165) is 46.4 Å². The number of aromatic nitrogens is 1. The molecule has 1 atom stereocenters. The van der Waals surface area contributed by atoms with Crippen LogP contribution in [0.5, 0.6) is 0 Å². The fraction of sp³-hybridized carbons (Fsp3) is 0.308. The van der Waals surface area contributed by atoms with E-state index < -0.39 is 5.92 Å². The standard InChI is InChI=1S/C26H25Cl2N3O2/c1-14(2)9-10-30-12-18-23(17-8-7-16(27)11-19(17)28)25-21(13-31(15(3)32)26(25)33)29-20-5-4-6-22(30)24(18)20/h4-8,11-12,14,23,29H,9-10,13H2,1-3H3. The highest BCUT2D eigenvalue weighted by Crippen LogP contribution is 2.48. The number of benzene rings is 2. The fourth-order valence-corrected chi connectivity index (χ4v) is 5.43. The van der Waals surface area contributed by atoms with Gasteiger partial charge in [-0.05, 0) is 47.7 Å². The summed E-state index contributed by atoms with van der Waals surface area (Å²) in [6, 6.07) is 11.5. The summed E-state index contributed by atoms with van der Waals surface area (Å²) < 4.78 is 2.26. The molecule has 0 fully saturated rings. The van der Waals surface area contributed by atoms with Gasteiger partial charge in [-0.2, -0.15) is 0 Å². The summed E-state index contributed by atoms with van der Waals surface area (Å²) in [5.74, 6) is -0.405. The van der Waals surface area contributed by atoms with E-state index in [2.05, 4.69) is 36.0 Å². The van der Waals surface area contributed by atoms with Crippen LogP contribution >= 0.6 is 23.2 Å². The molecule has 1 N–H and O–H groups in total. The molecule has 33 heavy (non-hydrogen) atoms. The number of carbonyl (C=O) groups excluding carboxylic acids is 2. The maximum atomic E-state index is 13.5. The van der Waals surface area contributed by atoms with E-state index in [4.69, 9.17) is 23.2 Å². The largest absolute Gasteiger partial charge is 0.356 e. The van der Waals surface area contributed by atoms with Gasteiger partial charge in [0.1, 0.15) is 0 Å². The Morgan fingerprint density at radius 3 is 2.67 bits per heavy atom. The van der Waals surface area contributed by atoms with Crippen molar-refractivity contribution in [1.29, 1.82) is 0 Å². The van der Waals surface area contributed by atoms with Crippen molar-refractivity contribution in [2.24, 2.45) is 5.92 Å². The van der Waals surface area contributed by atoms with Crippen LogP contribution in [0.15, 0.2) is 53.9 Å². The van der Waals surface area contributed by atoms with Crippen molar-refractivity contribution < 1.29 is 9.59 Å². The van der Waals surface area contributed by atoms with E-state index in [0.29, 0.717) is 21.5 Å². The van der Waals surface area contributed by atoms with Crippen molar-refractivity contribution in [2.75, 3.05) is 11.9 Å². The second-order valence-corrected chi connectivity index (χ2v) is 10.0. The SMILES string of the molecule is CC(=O)N1CC2=C(C1=O)C(c1ccc(Cl)cc1Cl)c1cn(CCC(C)C)c3cccc(c13)N2. The molecule has 0 saturated carbocycles. The predicted molar refractivity (Wildman–Crippen MR) is 133 cm³/mol. The average molecular weight is 482 g/mol. The molecule has 0 aliphatic carbocycles. The van der Waals surface area contributed by atoms with Gasteiger partial charge in [-0.15, -0.1) is 0 Å². The molecule has 2 amide bonds. The molecular weight excluding hydrogens is 457 g/mol. The molecule has 3 aromatic rings. The lowest BCUT2D eigenvalue weighted by atomic mass is 9.84. The van der Waals surface area contributed by atoms with Gasteiger partial charge >= 0.3 is 0 Å². The van der Waals surface area contributed by atoms with E-state index in [1.165, 1.54) is 11.8 Å². The lowest BCUT2D eigenvalue weighted by molar-refractivity contribution is -0.139. The molecule has 3 heterocycles. The number of rotatable bonds is 4. The van der Waals surface area contributed by atoms with E-state index in [-0.39, 0.29) is 18.4 Å². The molecule has 2 aliphatic heterocycles. The van der Waals surface area contributed by atoms with Crippen LogP contribution in [0.1, 0.15) is 44.2 Å². The first kappa shape index (κ1) is 22.1. The van der Waals surface area contributed by atoms with Crippen molar-refractivity contribution >= 4 is 51.6 Å². The van der Waals surface area contributed by atoms with Crippen LogP contribution < -0.4 is 5.32 Å². The number of nitrogens with zero attached hydrogens (tertiary/aromatic N) is 2. The number of imide groups is 1. The lowest BCUT2D eigenvalue weighted by Crippen LogP contribution is -2.33. The zero-order valence-electron chi connectivity index (χ0n) is 18.8. The third-order valence-corrected chi connectivity index (χ3v) is 7.10. The van der Waals surface area contributed by atoms with E-state index in [1.807, 2.05) is 18.2 Å². The first-order valence-electron chi connectivity index (χ1n) is 11.2. The molecule has 0 spiro atoms. The Labute approximate surface area is 203 Å². The number of anilines is 1. The molecule has 5 rings (SSSR count). The maximum absolute atomic E-state index is 13.5. The minimum absolute atomic E-state index is 0.221. The normalized spacial score (nSPS) is 17.6. The van der Waals surface area contributed by atoms with E-state index in [9.17, 15) is 9.59 Å². The van der Waals surface area contributed by atoms with Gasteiger partial charge in [-0.3, -0.25) is 14.5 Å². The Hall–Kier alpha value is -2.76. The molecule has 2 aliphatic rings.